The zero-order chi connectivity index (χ0) is 9.30. The van der Waals surface area contributed by atoms with Crippen molar-refractivity contribution >= 4 is 35.1 Å². The smallest absolute Gasteiger partial charge is 0.355 e. The predicted octanol–water partition coefficient (Wildman–Crippen LogP) is 1.20. The monoisotopic (exact) mass is 208 g/mol. The Morgan fingerprint density at radius 3 is 2.50 bits per heavy atom. The molecule has 0 saturated heterocycles. The van der Waals surface area contributed by atoms with Crippen LogP contribution in [0.15, 0.2) is 21.9 Å². The van der Waals surface area contributed by atoms with Crippen LogP contribution in [0.5, 0.6) is 0 Å². The lowest BCUT2D eigenvalue weighted by Crippen LogP contribution is -2.00. The maximum absolute atomic E-state index is 10.6. The van der Waals surface area contributed by atoms with Crippen LogP contribution in [0.3, 0.4) is 0 Å². The first-order valence-electron chi connectivity index (χ1n) is 2.75. The zero-order valence-electron chi connectivity index (χ0n) is 5.51. The zero-order valence-corrected chi connectivity index (χ0v) is 7.02. The van der Waals surface area contributed by atoms with Crippen molar-refractivity contribution in [2.75, 3.05) is 0 Å². The van der Waals surface area contributed by atoms with E-state index in [1.54, 1.807) is 0 Å². The molecule has 4 nitrogen and oxygen atoms in total. The fourth-order valence-electron chi connectivity index (χ4n) is 0.566. The Balaban J connectivity index is 3.03. The van der Waals surface area contributed by atoms with Gasteiger partial charge < -0.3 is 9.84 Å². The molecule has 0 aromatic carbocycles. The van der Waals surface area contributed by atoms with Crippen molar-refractivity contribution in [3.8, 4) is 0 Å². The number of cyclic esters (lactones) is 1. The molecule has 1 rings (SSSR count). The molecule has 0 saturated carbocycles. The van der Waals surface area contributed by atoms with Gasteiger partial charge in [-0.05, 0) is 0 Å². The highest BCUT2D eigenvalue weighted by Crippen LogP contribution is 2.24. The summed E-state index contributed by atoms with van der Waals surface area (Å²) in [4.78, 5) is 20.8. The molecule has 64 valence electrons. The van der Waals surface area contributed by atoms with Gasteiger partial charge in [0.25, 0.3) is 0 Å². The van der Waals surface area contributed by atoms with Gasteiger partial charge in [0.2, 0.25) is 0 Å². The molecule has 1 N–H and O–H groups in total. The van der Waals surface area contributed by atoms with Gasteiger partial charge in [-0.25, -0.2) is 9.59 Å². The molecule has 0 unspecified atom stereocenters. The Labute approximate surface area is 77.0 Å². The van der Waals surface area contributed by atoms with Crippen molar-refractivity contribution in [1.29, 1.82) is 0 Å². The van der Waals surface area contributed by atoms with Crippen molar-refractivity contribution in [1.82, 2.24) is 0 Å². The Bertz CT molecular complexity index is 316. The van der Waals surface area contributed by atoms with Gasteiger partial charge in [-0.3, -0.25) is 0 Å². The normalized spacial score (nSPS) is 20.2. The number of esters is 1. The van der Waals surface area contributed by atoms with Crippen LogP contribution in [0.1, 0.15) is 0 Å². The number of ether oxygens (including phenoxy) is 1. The van der Waals surface area contributed by atoms with Gasteiger partial charge in [-0.1, -0.05) is 23.2 Å². The number of carboxylic acid groups (broad SMARTS) is 1. The first-order chi connectivity index (χ1) is 5.52. The van der Waals surface area contributed by atoms with Crippen molar-refractivity contribution in [3.05, 3.63) is 21.9 Å². The second-order valence-electron chi connectivity index (χ2n) is 1.87. The van der Waals surface area contributed by atoms with Gasteiger partial charge in [-0.15, -0.1) is 0 Å². The second kappa shape index (κ2) is 3.16. The van der Waals surface area contributed by atoms with E-state index in [4.69, 9.17) is 28.3 Å². The molecule has 0 fully saturated rings. The maximum Gasteiger partial charge on any atom is 0.355 e. The summed E-state index contributed by atoms with van der Waals surface area (Å²) in [5.41, 5.74) is 0. The summed E-state index contributed by atoms with van der Waals surface area (Å²) in [6.45, 7) is 0. The average molecular weight is 209 g/mol. The summed E-state index contributed by atoms with van der Waals surface area (Å²) in [6.07, 6.45) is 1.06. The molecule has 6 heteroatoms. The lowest BCUT2D eigenvalue weighted by Gasteiger charge is -1.95. The van der Waals surface area contributed by atoms with E-state index < -0.39 is 17.0 Å². The molecule has 0 spiro atoms. The topological polar surface area (TPSA) is 63.6 Å². The molecule has 0 atom stereocenters. The number of hydrogen-bond acceptors (Lipinski definition) is 3. The van der Waals surface area contributed by atoms with Crippen molar-refractivity contribution in [2.45, 2.75) is 0 Å². The first kappa shape index (κ1) is 9.09. The molecule has 1 heterocycles. The highest BCUT2D eigenvalue weighted by molar-refractivity contribution is 6.44. The summed E-state index contributed by atoms with van der Waals surface area (Å²) >= 11 is 10.6. The highest BCUT2D eigenvalue weighted by atomic mass is 35.5. The van der Waals surface area contributed by atoms with Gasteiger partial charge in [0.05, 0.1) is 0 Å². The average Bonchev–Trinajstić information content (AvgIpc) is 2.30. The van der Waals surface area contributed by atoms with E-state index in [-0.39, 0.29) is 10.8 Å². The molecular weight excluding hydrogens is 207 g/mol. The fourth-order valence-corrected chi connectivity index (χ4v) is 0.796. The van der Waals surface area contributed by atoms with E-state index in [1.807, 2.05) is 0 Å². The third kappa shape index (κ3) is 1.60. The SMILES string of the molecule is O=C1O/C(=C(\Cl)C(=O)O)C=C1Cl. The number of aliphatic carboxylic acids is 1. The van der Waals surface area contributed by atoms with Crippen LogP contribution in [-0.2, 0) is 14.3 Å². The molecule has 0 aromatic rings. The fraction of sp³-hybridized carbons (Fsp3) is 0. The molecule has 0 radical (unpaired) electrons. The van der Waals surface area contributed by atoms with E-state index in [0.717, 1.165) is 6.08 Å². The molecule has 1 aliphatic rings. The van der Waals surface area contributed by atoms with Gasteiger partial charge in [0, 0.05) is 6.08 Å². The van der Waals surface area contributed by atoms with Crippen LogP contribution < -0.4 is 0 Å². The number of carbonyl (C=O) groups is 2. The van der Waals surface area contributed by atoms with Crippen LogP contribution in [0.25, 0.3) is 0 Å². The molecule has 12 heavy (non-hydrogen) atoms. The van der Waals surface area contributed by atoms with Crippen molar-refractivity contribution in [3.63, 3.8) is 0 Å². The van der Waals surface area contributed by atoms with Crippen LogP contribution in [0.2, 0.25) is 0 Å². The Morgan fingerprint density at radius 2 is 2.17 bits per heavy atom. The van der Waals surface area contributed by atoms with Crippen LogP contribution in [0, 0.1) is 0 Å². The van der Waals surface area contributed by atoms with Crippen molar-refractivity contribution in [2.24, 2.45) is 0 Å². The van der Waals surface area contributed by atoms with Gasteiger partial charge in [0.1, 0.15) is 5.03 Å². The standard InChI is InChI=1S/C6H2Cl2O4/c7-2-1-3(12-6(2)11)4(8)5(9)10/h1H,(H,9,10)/b4-3-. The van der Waals surface area contributed by atoms with E-state index in [1.165, 1.54) is 0 Å². The quantitative estimate of drug-likeness (QED) is 0.520. The molecule has 0 bridgehead atoms. The van der Waals surface area contributed by atoms with Crippen molar-refractivity contribution < 1.29 is 19.4 Å². The molecule has 1 aliphatic heterocycles. The van der Waals surface area contributed by atoms with E-state index >= 15 is 0 Å². The minimum Gasteiger partial charge on any atom is -0.477 e. The van der Waals surface area contributed by atoms with Crippen LogP contribution in [0.4, 0.5) is 0 Å². The number of allylic oxidation sites excluding steroid dienone is 1. The Kier molecular flexibility index (Phi) is 2.40. The number of hydrogen-bond donors (Lipinski definition) is 1. The third-order valence-corrected chi connectivity index (χ3v) is 1.67. The minimum atomic E-state index is -1.37. The highest BCUT2D eigenvalue weighted by Gasteiger charge is 2.24. The number of carbonyl (C=O) groups excluding carboxylic acids is 1. The Hall–Kier alpha value is -1.00. The molecular formula is C6H2Cl2O4. The van der Waals surface area contributed by atoms with Crippen LogP contribution in [-0.4, -0.2) is 17.0 Å². The summed E-state index contributed by atoms with van der Waals surface area (Å²) in [7, 11) is 0. The predicted molar refractivity (Wildman–Crippen MR) is 40.5 cm³/mol. The summed E-state index contributed by atoms with van der Waals surface area (Å²) < 4.78 is 4.40. The molecule has 0 aromatic heterocycles. The van der Waals surface area contributed by atoms with E-state index in [0.29, 0.717) is 0 Å². The summed E-state index contributed by atoms with van der Waals surface area (Å²) in [6, 6.07) is 0. The second-order valence-corrected chi connectivity index (χ2v) is 2.65. The third-order valence-electron chi connectivity index (χ3n) is 1.06. The lowest BCUT2D eigenvalue weighted by atomic mass is 10.4. The maximum atomic E-state index is 10.6. The summed E-state index contributed by atoms with van der Waals surface area (Å²) in [5, 5.41) is 7.60. The van der Waals surface area contributed by atoms with E-state index in [2.05, 4.69) is 4.74 Å². The molecule has 0 aliphatic carbocycles. The lowest BCUT2D eigenvalue weighted by molar-refractivity contribution is -0.133. The largest absolute Gasteiger partial charge is 0.477 e. The Morgan fingerprint density at radius 1 is 1.58 bits per heavy atom. The van der Waals surface area contributed by atoms with Gasteiger partial charge in [0.15, 0.2) is 10.8 Å². The first-order valence-corrected chi connectivity index (χ1v) is 3.50. The van der Waals surface area contributed by atoms with Gasteiger partial charge in [-0.2, -0.15) is 0 Å². The number of rotatable bonds is 1. The minimum absolute atomic E-state index is 0.190. The van der Waals surface area contributed by atoms with Crippen LogP contribution >= 0.6 is 23.2 Å². The number of halogens is 2. The summed E-state index contributed by atoms with van der Waals surface area (Å²) in [5.74, 6) is -2.41. The molecule has 0 amide bonds. The van der Waals surface area contributed by atoms with E-state index in [9.17, 15) is 9.59 Å². The van der Waals surface area contributed by atoms with Gasteiger partial charge >= 0.3 is 11.9 Å². The number of carboxylic acids is 1.